The topological polar surface area (TPSA) is 118 Å². The molecule has 1 aromatic heterocycles. The van der Waals surface area contributed by atoms with E-state index in [1.807, 2.05) is 80.2 Å². The third-order valence-corrected chi connectivity index (χ3v) is 7.49. The van der Waals surface area contributed by atoms with Gasteiger partial charge in [-0.15, -0.1) is 0 Å². The zero-order valence-electron chi connectivity index (χ0n) is 24.2. The number of nitrogens with one attached hydrogen (secondary N) is 1. The van der Waals surface area contributed by atoms with Gasteiger partial charge in [0.1, 0.15) is 17.2 Å². The van der Waals surface area contributed by atoms with Gasteiger partial charge in [0.25, 0.3) is 0 Å². The van der Waals surface area contributed by atoms with Crippen molar-refractivity contribution in [3.63, 3.8) is 0 Å². The molecule has 0 radical (unpaired) electrons. The molecule has 2 aliphatic heterocycles. The number of hydrazine groups is 1. The molecule has 0 saturated carbocycles. The number of allylic oxidation sites excluding steroid dienone is 1. The number of nitrogens with two attached hydrogens (primary N) is 1. The Morgan fingerprint density at radius 3 is 2.52 bits per heavy atom. The summed E-state index contributed by atoms with van der Waals surface area (Å²) in [6, 6.07) is 12.6. The first-order chi connectivity index (χ1) is 20.0. The summed E-state index contributed by atoms with van der Waals surface area (Å²) in [6.45, 7) is 8.00. The maximum absolute atomic E-state index is 12.7. The molecule has 42 heavy (non-hydrogen) atoms. The van der Waals surface area contributed by atoms with Crippen LogP contribution in [0, 0.1) is 0 Å². The third kappa shape index (κ3) is 6.25. The molecule has 1 saturated heterocycles. The van der Waals surface area contributed by atoms with Crippen LogP contribution < -0.4 is 20.8 Å². The molecule has 0 bridgehead atoms. The van der Waals surface area contributed by atoms with E-state index >= 15 is 0 Å². The molecule has 12 heteroatoms. The van der Waals surface area contributed by atoms with Crippen LogP contribution in [0.15, 0.2) is 61.1 Å². The van der Waals surface area contributed by atoms with Gasteiger partial charge in [0.05, 0.1) is 12.8 Å². The lowest BCUT2D eigenvalue weighted by molar-refractivity contribution is -0.122. The van der Waals surface area contributed by atoms with Crippen molar-refractivity contribution in [2.24, 2.45) is 5.73 Å². The van der Waals surface area contributed by atoms with Crippen molar-refractivity contribution >= 4 is 40.7 Å². The molecule has 3 N–H and O–H groups in total. The number of halogens is 1. The largest absolute Gasteiger partial charge is 0.494 e. The molecule has 0 aliphatic carbocycles. The van der Waals surface area contributed by atoms with Crippen LogP contribution in [0.5, 0.6) is 5.75 Å². The lowest BCUT2D eigenvalue weighted by atomic mass is 10.1. The molecule has 11 nitrogen and oxygen atoms in total. The molecular weight excluding hydrogens is 558 g/mol. The van der Waals surface area contributed by atoms with Crippen molar-refractivity contribution in [2.45, 2.75) is 38.8 Å². The molecule has 3 heterocycles. The first-order valence-electron chi connectivity index (χ1n) is 13.8. The lowest BCUT2D eigenvalue weighted by Crippen LogP contribution is -2.50. The van der Waals surface area contributed by atoms with Gasteiger partial charge >= 0.3 is 6.09 Å². The Morgan fingerprint density at radius 1 is 1.12 bits per heavy atom. The molecular formula is C30H36ClN7O4. The Bertz CT molecular complexity index is 1490. The van der Waals surface area contributed by atoms with E-state index in [0.29, 0.717) is 54.9 Å². The SMILES string of the molecule is COc1cc(N2CCN(C(=O)OC(C)(C)C)CC2)ccc1NN1C=C(Cc2ccccc2Cl)n2ccnc2C1C(N)=O. The highest BCUT2D eigenvalue weighted by Gasteiger charge is 2.34. The smallest absolute Gasteiger partial charge is 0.410 e. The minimum Gasteiger partial charge on any atom is -0.494 e. The number of nitrogens with zero attached hydrogens (tertiary/aromatic N) is 5. The highest BCUT2D eigenvalue weighted by atomic mass is 35.5. The molecule has 5 rings (SSSR count). The number of rotatable bonds is 7. The average Bonchev–Trinajstić information content (AvgIpc) is 3.43. The number of hydrogen-bond acceptors (Lipinski definition) is 8. The van der Waals surface area contributed by atoms with Gasteiger partial charge in [-0.25, -0.2) is 9.78 Å². The summed E-state index contributed by atoms with van der Waals surface area (Å²) in [5.74, 6) is 0.527. The first-order valence-corrected chi connectivity index (χ1v) is 14.1. The maximum atomic E-state index is 12.7. The maximum Gasteiger partial charge on any atom is 0.410 e. The Hall–Kier alpha value is -4.38. The van der Waals surface area contributed by atoms with Crippen molar-refractivity contribution in [1.29, 1.82) is 0 Å². The minimum atomic E-state index is -0.861. The van der Waals surface area contributed by atoms with E-state index in [0.717, 1.165) is 16.9 Å². The minimum absolute atomic E-state index is 0.299. The third-order valence-electron chi connectivity index (χ3n) is 7.12. The number of fused-ring (bicyclic) bond motifs is 1. The van der Waals surface area contributed by atoms with Crippen LogP contribution >= 0.6 is 11.6 Å². The van der Waals surface area contributed by atoms with Crippen LogP contribution in [-0.2, 0) is 16.0 Å². The summed E-state index contributed by atoms with van der Waals surface area (Å²) in [7, 11) is 1.60. The number of carbonyl (C=O) groups excluding carboxylic acids is 2. The second-order valence-corrected chi connectivity index (χ2v) is 11.6. The van der Waals surface area contributed by atoms with E-state index in [1.165, 1.54) is 0 Å². The highest BCUT2D eigenvalue weighted by molar-refractivity contribution is 6.31. The quantitative estimate of drug-likeness (QED) is 0.411. The summed E-state index contributed by atoms with van der Waals surface area (Å²) in [5, 5.41) is 2.31. The zero-order valence-corrected chi connectivity index (χ0v) is 25.0. The zero-order chi connectivity index (χ0) is 30.0. The van der Waals surface area contributed by atoms with Crippen LogP contribution in [0.4, 0.5) is 16.2 Å². The molecule has 222 valence electrons. The summed E-state index contributed by atoms with van der Waals surface area (Å²) in [4.78, 5) is 33.5. The first kappa shape index (κ1) is 29.1. The Kier molecular flexibility index (Phi) is 8.22. The lowest BCUT2D eigenvalue weighted by Gasteiger charge is -2.37. The van der Waals surface area contributed by atoms with Crippen molar-refractivity contribution < 1.29 is 19.1 Å². The second-order valence-electron chi connectivity index (χ2n) is 11.2. The van der Waals surface area contributed by atoms with Crippen molar-refractivity contribution in [1.82, 2.24) is 19.5 Å². The predicted molar refractivity (Wildman–Crippen MR) is 162 cm³/mol. The predicted octanol–water partition coefficient (Wildman–Crippen LogP) is 4.51. The number of hydrogen-bond donors (Lipinski definition) is 2. The van der Waals surface area contributed by atoms with E-state index < -0.39 is 17.6 Å². The Morgan fingerprint density at radius 2 is 1.86 bits per heavy atom. The number of carbonyl (C=O) groups is 2. The standard InChI is InChI=1S/C30H36ClN7O4/c1-30(2,3)42-29(40)36-15-13-35(14-16-36)21-9-10-24(25(18-21)41-4)34-38-19-22(17-20-7-5-6-8-23(20)31)37-12-11-33-28(37)26(38)27(32)39/h5-12,18-19,26,34H,13-17H2,1-4H3,(H2,32,39). The normalized spacial score (nSPS) is 16.9. The number of benzene rings is 2. The van der Waals surface area contributed by atoms with E-state index in [2.05, 4.69) is 15.3 Å². The van der Waals surface area contributed by atoms with Crippen LogP contribution in [-0.4, -0.2) is 70.4 Å². The Balaban J connectivity index is 1.36. The number of methoxy groups -OCH3 is 1. The molecule has 0 spiro atoms. The number of amides is 2. The molecule has 1 unspecified atom stereocenters. The van der Waals surface area contributed by atoms with Crippen LogP contribution in [0.3, 0.4) is 0 Å². The van der Waals surface area contributed by atoms with Gasteiger partial charge in [-0.3, -0.25) is 15.2 Å². The molecule has 1 atom stereocenters. The van der Waals surface area contributed by atoms with Gasteiger partial charge in [-0.2, -0.15) is 0 Å². The van der Waals surface area contributed by atoms with E-state index in [-0.39, 0.29) is 6.09 Å². The fraction of sp³-hybridized carbons (Fsp3) is 0.367. The van der Waals surface area contributed by atoms with Gasteiger partial charge in [0, 0.05) is 73.7 Å². The molecule has 1 fully saturated rings. The van der Waals surface area contributed by atoms with Crippen molar-refractivity contribution in [3.05, 3.63) is 77.5 Å². The fourth-order valence-corrected chi connectivity index (χ4v) is 5.29. The van der Waals surface area contributed by atoms with Gasteiger partial charge < -0.3 is 29.6 Å². The summed E-state index contributed by atoms with van der Waals surface area (Å²) in [5.41, 5.74) is 12.1. The van der Waals surface area contributed by atoms with Crippen LogP contribution in [0.25, 0.3) is 5.70 Å². The number of ether oxygens (including phenoxy) is 2. The number of anilines is 2. The summed E-state index contributed by atoms with van der Waals surface area (Å²) >= 11 is 6.46. The van der Waals surface area contributed by atoms with E-state index in [4.69, 9.17) is 26.8 Å². The molecule has 2 aliphatic rings. The summed E-state index contributed by atoms with van der Waals surface area (Å²) < 4.78 is 13.1. The van der Waals surface area contributed by atoms with Gasteiger partial charge in [0.15, 0.2) is 6.04 Å². The van der Waals surface area contributed by atoms with Crippen LogP contribution in [0.1, 0.15) is 38.2 Å². The second kappa shape index (κ2) is 11.8. The van der Waals surface area contributed by atoms with Crippen molar-refractivity contribution in [2.75, 3.05) is 43.6 Å². The number of imidazole rings is 1. The molecule has 2 amide bonds. The molecule has 3 aromatic rings. The van der Waals surface area contributed by atoms with Gasteiger partial charge in [-0.1, -0.05) is 29.8 Å². The Labute approximate surface area is 250 Å². The summed E-state index contributed by atoms with van der Waals surface area (Å²) in [6.07, 6.45) is 5.51. The fourth-order valence-electron chi connectivity index (χ4n) is 5.09. The number of piperazine rings is 1. The molecule has 2 aromatic carbocycles. The number of primary amides is 1. The van der Waals surface area contributed by atoms with Gasteiger partial charge in [-0.05, 0) is 44.5 Å². The average molecular weight is 594 g/mol. The highest BCUT2D eigenvalue weighted by Crippen LogP contribution is 2.35. The van der Waals surface area contributed by atoms with E-state index in [9.17, 15) is 9.59 Å². The van der Waals surface area contributed by atoms with Crippen molar-refractivity contribution in [3.8, 4) is 5.75 Å². The van der Waals surface area contributed by atoms with E-state index in [1.54, 1.807) is 23.2 Å². The monoisotopic (exact) mass is 593 g/mol. The van der Waals surface area contributed by atoms with Gasteiger partial charge in [0.2, 0.25) is 5.91 Å². The van der Waals surface area contributed by atoms with Crippen LogP contribution in [0.2, 0.25) is 5.02 Å². The number of aromatic nitrogens is 2.